The summed E-state index contributed by atoms with van der Waals surface area (Å²) in [6, 6.07) is 6.97. The molecule has 3 rings (SSSR count). The van der Waals surface area contributed by atoms with Crippen LogP contribution in [0.3, 0.4) is 0 Å². The number of aromatic nitrogens is 1. The molecule has 1 aliphatic heterocycles. The Balaban J connectivity index is 2.39. The standard InChI is InChI=1S/C14H7BrN4O3/c15-9-1-6(2-10-12(9)22-5-21-10)11-7(3-16)13(18)19-14(20)8(11)4-17/h1-2H,5H2,(H3,18,19,20). The average molecular weight is 359 g/mol. The zero-order valence-electron chi connectivity index (χ0n) is 10.9. The van der Waals surface area contributed by atoms with E-state index in [9.17, 15) is 15.3 Å². The molecule has 0 saturated carbocycles. The first-order valence-electron chi connectivity index (χ1n) is 6.02. The fourth-order valence-corrected chi connectivity index (χ4v) is 2.80. The van der Waals surface area contributed by atoms with Crippen LogP contribution in [0.4, 0.5) is 5.82 Å². The summed E-state index contributed by atoms with van der Waals surface area (Å²) >= 11 is 3.34. The van der Waals surface area contributed by atoms with E-state index in [0.717, 1.165) is 0 Å². The van der Waals surface area contributed by atoms with Crippen LogP contribution in [0, 0.1) is 22.7 Å². The maximum absolute atomic E-state index is 11.9. The number of benzene rings is 1. The van der Waals surface area contributed by atoms with Crippen LogP contribution in [0.5, 0.6) is 11.5 Å². The molecule has 1 aliphatic rings. The number of nitriles is 2. The van der Waals surface area contributed by atoms with Gasteiger partial charge >= 0.3 is 0 Å². The summed E-state index contributed by atoms with van der Waals surface area (Å²) < 4.78 is 11.2. The molecule has 8 heteroatoms. The summed E-state index contributed by atoms with van der Waals surface area (Å²) in [4.78, 5) is 14.2. The van der Waals surface area contributed by atoms with E-state index < -0.39 is 5.56 Å². The first kappa shape index (κ1) is 14.0. The third-order valence-electron chi connectivity index (χ3n) is 3.18. The highest BCUT2D eigenvalue weighted by Gasteiger charge is 2.23. The number of anilines is 1. The molecular weight excluding hydrogens is 352 g/mol. The normalized spacial score (nSPS) is 11.8. The fraction of sp³-hybridized carbons (Fsp3) is 0.0714. The summed E-state index contributed by atoms with van der Waals surface area (Å²) in [6.45, 7) is 0.0745. The van der Waals surface area contributed by atoms with E-state index in [4.69, 9.17) is 15.2 Å². The molecule has 0 unspecified atom stereocenters. The molecule has 7 nitrogen and oxygen atoms in total. The van der Waals surface area contributed by atoms with Gasteiger partial charge in [0.15, 0.2) is 11.5 Å². The number of hydrogen-bond acceptors (Lipinski definition) is 6. The van der Waals surface area contributed by atoms with Crippen LogP contribution >= 0.6 is 15.9 Å². The minimum Gasteiger partial charge on any atom is -0.454 e. The van der Waals surface area contributed by atoms with Gasteiger partial charge in [-0.25, -0.2) is 0 Å². The molecule has 3 N–H and O–H groups in total. The van der Waals surface area contributed by atoms with Gasteiger partial charge in [-0.2, -0.15) is 10.5 Å². The van der Waals surface area contributed by atoms with Crippen LogP contribution in [0.2, 0.25) is 0 Å². The average Bonchev–Trinajstić information content (AvgIpc) is 2.95. The Morgan fingerprint density at radius 3 is 2.64 bits per heavy atom. The van der Waals surface area contributed by atoms with Gasteiger partial charge in [0.25, 0.3) is 5.56 Å². The van der Waals surface area contributed by atoms with Crippen LogP contribution in [0.15, 0.2) is 21.4 Å². The van der Waals surface area contributed by atoms with Crippen molar-refractivity contribution in [3.63, 3.8) is 0 Å². The minimum atomic E-state index is -0.650. The Hall–Kier alpha value is -2.97. The smallest absolute Gasteiger partial charge is 0.268 e. The molecule has 1 aromatic carbocycles. The number of nitrogens with two attached hydrogens (primary N) is 1. The largest absolute Gasteiger partial charge is 0.454 e. The predicted molar refractivity (Wildman–Crippen MR) is 80.2 cm³/mol. The SMILES string of the molecule is N#Cc1c(N)[nH]c(=O)c(C#N)c1-c1cc(Br)c2c(c1)OCO2. The number of halogens is 1. The summed E-state index contributed by atoms with van der Waals surface area (Å²) in [6.07, 6.45) is 0. The van der Waals surface area contributed by atoms with Crippen molar-refractivity contribution in [2.24, 2.45) is 0 Å². The third-order valence-corrected chi connectivity index (χ3v) is 3.77. The van der Waals surface area contributed by atoms with Crippen LogP contribution in [-0.2, 0) is 0 Å². The van der Waals surface area contributed by atoms with Crippen LogP contribution in [0.25, 0.3) is 11.1 Å². The highest BCUT2D eigenvalue weighted by Crippen LogP contribution is 2.43. The number of fused-ring (bicyclic) bond motifs is 1. The molecule has 1 aromatic heterocycles. The molecule has 0 atom stereocenters. The summed E-state index contributed by atoms with van der Waals surface area (Å²) in [5, 5.41) is 18.6. The highest BCUT2D eigenvalue weighted by atomic mass is 79.9. The molecule has 0 radical (unpaired) electrons. The molecule has 22 heavy (non-hydrogen) atoms. The lowest BCUT2D eigenvalue weighted by Crippen LogP contribution is -2.16. The van der Waals surface area contributed by atoms with Crippen LogP contribution in [-0.4, -0.2) is 11.8 Å². The number of rotatable bonds is 1. The number of ether oxygens (including phenoxy) is 2. The van der Waals surface area contributed by atoms with Crippen molar-refractivity contribution in [3.05, 3.63) is 38.1 Å². The molecule has 0 amide bonds. The molecule has 108 valence electrons. The Morgan fingerprint density at radius 1 is 1.23 bits per heavy atom. The number of H-pyrrole nitrogens is 1. The Bertz CT molecular complexity index is 937. The summed E-state index contributed by atoms with van der Waals surface area (Å²) in [5.41, 5.74) is 5.52. The van der Waals surface area contributed by atoms with E-state index >= 15 is 0 Å². The first-order chi connectivity index (χ1) is 10.6. The maximum atomic E-state index is 11.9. The van der Waals surface area contributed by atoms with Gasteiger partial charge in [-0.1, -0.05) is 0 Å². The first-order valence-corrected chi connectivity index (χ1v) is 6.81. The number of aromatic amines is 1. The van der Waals surface area contributed by atoms with Gasteiger partial charge in [0.1, 0.15) is 29.1 Å². The van der Waals surface area contributed by atoms with Crippen molar-refractivity contribution in [1.29, 1.82) is 10.5 Å². The van der Waals surface area contributed by atoms with Crippen molar-refractivity contribution < 1.29 is 9.47 Å². The van der Waals surface area contributed by atoms with Crippen molar-refractivity contribution in [2.45, 2.75) is 0 Å². The molecule has 2 aromatic rings. The third kappa shape index (κ3) is 1.98. The predicted octanol–water partition coefficient (Wildman–Crippen LogP) is 1.86. The van der Waals surface area contributed by atoms with Crippen LogP contribution in [0.1, 0.15) is 11.1 Å². The lowest BCUT2D eigenvalue weighted by Gasteiger charge is -2.10. The summed E-state index contributed by atoms with van der Waals surface area (Å²) in [5.74, 6) is 0.893. The molecule has 0 spiro atoms. The summed E-state index contributed by atoms with van der Waals surface area (Å²) in [7, 11) is 0. The fourth-order valence-electron chi connectivity index (χ4n) is 2.24. The van der Waals surface area contributed by atoms with E-state index in [1.165, 1.54) is 0 Å². The van der Waals surface area contributed by atoms with Gasteiger partial charge in [0.05, 0.1) is 4.47 Å². The van der Waals surface area contributed by atoms with Gasteiger partial charge in [-0.15, -0.1) is 0 Å². The highest BCUT2D eigenvalue weighted by molar-refractivity contribution is 9.10. The maximum Gasteiger partial charge on any atom is 0.268 e. The van der Waals surface area contributed by atoms with E-state index in [0.29, 0.717) is 21.5 Å². The van der Waals surface area contributed by atoms with Gasteiger partial charge in [0.2, 0.25) is 6.79 Å². The molecule has 0 bridgehead atoms. The second-order valence-corrected chi connectivity index (χ2v) is 5.26. The molecule has 2 heterocycles. The number of hydrogen-bond donors (Lipinski definition) is 2. The van der Waals surface area contributed by atoms with Crippen molar-refractivity contribution in [2.75, 3.05) is 12.5 Å². The van der Waals surface area contributed by atoms with Crippen molar-refractivity contribution in [1.82, 2.24) is 4.98 Å². The monoisotopic (exact) mass is 358 g/mol. The number of pyridine rings is 1. The van der Waals surface area contributed by atoms with E-state index in [1.807, 2.05) is 12.1 Å². The zero-order valence-corrected chi connectivity index (χ0v) is 12.5. The second kappa shape index (κ2) is 5.10. The van der Waals surface area contributed by atoms with E-state index in [-0.39, 0.29) is 29.3 Å². The number of nitrogens with zero attached hydrogens (tertiary/aromatic N) is 2. The van der Waals surface area contributed by atoms with Gasteiger partial charge in [-0.3, -0.25) is 4.79 Å². The number of nitrogens with one attached hydrogen (secondary N) is 1. The molecule has 0 aliphatic carbocycles. The Kier molecular flexibility index (Phi) is 3.24. The second-order valence-electron chi connectivity index (χ2n) is 4.41. The quantitative estimate of drug-likeness (QED) is 0.801. The van der Waals surface area contributed by atoms with Crippen molar-refractivity contribution >= 4 is 21.7 Å². The van der Waals surface area contributed by atoms with Crippen LogP contribution < -0.4 is 20.8 Å². The van der Waals surface area contributed by atoms with Gasteiger partial charge in [-0.05, 0) is 33.6 Å². The zero-order chi connectivity index (χ0) is 15.9. The van der Waals surface area contributed by atoms with E-state index in [1.54, 1.807) is 12.1 Å². The minimum absolute atomic E-state index is 0.0296. The topological polar surface area (TPSA) is 125 Å². The number of nitrogen functional groups attached to an aromatic ring is 1. The lowest BCUT2D eigenvalue weighted by atomic mass is 9.96. The van der Waals surface area contributed by atoms with E-state index in [2.05, 4.69) is 20.9 Å². The van der Waals surface area contributed by atoms with Crippen molar-refractivity contribution in [3.8, 4) is 34.8 Å². The molecule has 0 saturated heterocycles. The Labute approximate surface area is 132 Å². The molecular formula is C14H7BrN4O3. The Morgan fingerprint density at radius 2 is 1.95 bits per heavy atom. The van der Waals surface area contributed by atoms with Gasteiger partial charge in [0, 0.05) is 5.56 Å². The lowest BCUT2D eigenvalue weighted by molar-refractivity contribution is 0.173. The molecule has 0 fully saturated rings. The van der Waals surface area contributed by atoms with Gasteiger partial charge < -0.3 is 20.2 Å².